The van der Waals surface area contributed by atoms with Gasteiger partial charge >= 0.3 is 19.9 Å². The maximum atomic E-state index is 15.0. The topological polar surface area (TPSA) is 200 Å². The number of carbonyl (C=O) groups excluding carboxylic acids is 3. The molecular weight excluding hydrogens is 876 g/mol. The van der Waals surface area contributed by atoms with Gasteiger partial charge in [0, 0.05) is 44.5 Å². The van der Waals surface area contributed by atoms with Crippen molar-refractivity contribution in [2.24, 2.45) is 10.8 Å². The lowest BCUT2D eigenvalue weighted by atomic mass is 9.84. The number of nitrogens with one attached hydrogen (secondary N) is 2. The Balaban J connectivity index is 1.55. The third-order valence-electron chi connectivity index (χ3n) is 11.6. The maximum absolute atomic E-state index is 15.0. The number of nitrogens with zero attached hydrogens (tertiary/aromatic N) is 4. The Morgan fingerprint density at radius 2 is 1.40 bits per heavy atom. The third-order valence-corrected chi connectivity index (χ3v) is 12.6. The zero-order valence-electron chi connectivity index (χ0n) is 39.8. The monoisotopic (exact) mass is 942 g/mol. The number of carbonyl (C=O) groups is 4. The van der Waals surface area contributed by atoms with Gasteiger partial charge in [-0.25, -0.2) is 14.2 Å². The van der Waals surface area contributed by atoms with Gasteiger partial charge in [-0.2, -0.15) is 0 Å². The molecule has 1 aromatic heterocycles. The van der Waals surface area contributed by atoms with Crippen molar-refractivity contribution in [1.82, 2.24) is 30.3 Å². The summed E-state index contributed by atoms with van der Waals surface area (Å²) in [6.07, 6.45) is -0.164. The number of likely N-dealkylation sites (N-methyl/N-ethyl adjacent to an activating group) is 1. The van der Waals surface area contributed by atoms with E-state index in [4.69, 9.17) is 13.8 Å². The summed E-state index contributed by atoms with van der Waals surface area (Å²) in [7, 11) is -3.21. The summed E-state index contributed by atoms with van der Waals surface area (Å²) in [6.45, 7) is 12.9. The highest BCUT2D eigenvalue weighted by Crippen LogP contribution is 2.43. The molecule has 0 saturated carbocycles. The summed E-state index contributed by atoms with van der Waals surface area (Å²) in [5.41, 5.74) is 2.69. The van der Waals surface area contributed by atoms with Gasteiger partial charge in [0.1, 0.15) is 12.1 Å². The fraction of sp³-hybridized carbons (Fsp3) is 0.460. The number of phosphoric ester groups is 1. The lowest BCUT2D eigenvalue weighted by Gasteiger charge is -2.39. The molecule has 1 aliphatic heterocycles. The van der Waals surface area contributed by atoms with Crippen molar-refractivity contribution in [3.63, 3.8) is 0 Å². The summed E-state index contributed by atoms with van der Waals surface area (Å²) in [4.78, 5) is 75.1. The molecule has 4 aromatic rings. The summed E-state index contributed by atoms with van der Waals surface area (Å²) in [5.74, 6) is -0.996. The quantitative estimate of drug-likeness (QED) is 0.0443. The van der Waals surface area contributed by atoms with E-state index in [1.807, 2.05) is 124 Å². The van der Waals surface area contributed by atoms with Crippen molar-refractivity contribution < 1.29 is 47.5 Å². The van der Waals surface area contributed by atoms with E-state index in [1.165, 1.54) is 7.05 Å². The van der Waals surface area contributed by atoms with Crippen molar-refractivity contribution in [3.05, 3.63) is 126 Å². The Morgan fingerprint density at radius 1 is 0.791 bits per heavy atom. The number of phosphoric acid groups is 1. The highest BCUT2D eigenvalue weighted by Gasteiger charge is 2.45. The number of urea groups is 1. The number of pyridine rings is 1. The van der Waals surface area contributed by atoms with Gasteiger partial charge in [0.2, 0.25) is 11.8 Å². The first-order valence-electron chi connectivity index (χ1n) is 22.6. The average Bonchev–Trinajstić information content (AvgIpc) is 3.60. The van der Waals surface area contributed by atoms with Gasteiger partial charge in [-0.1, -0.05) is 133 Å². The number of amides is 5. The highest BCUT2D eigenvalue weighted by molar-refractivity contribution is 7.47. The fourth-order valence-electron chi connectivity index (χ4n) is 8.58. The normalized spacial score (nSPS) is 16.3. The van der Waals surface area contributed by atoms with Crippen LogP contribution in [0.15, 0.2) is 109 Å². The Kier molecular flexibility index (Phi) is 18.3. The summed E-state index contributed by atoms with van der Waals surface area (Å²) < 4.78 is 29.4. The zero-order valence-corrected chi connectivity index (χ0v) is 40.7. The summed E-state index contributed by atoms with van der Waals surface area (Å²) in [5, 5.41) is 16.4. The van der Waals surface area contributed by atoms with Crippen LogP contribution in [0.3, 0.4) is 0 Å². The molecule has 3 aromatic carbocycles. The molecule has 4 N–H and O–H groups in total. The Hall–Kier alpha value is -5.64. The Morgan fingerprint density at radius 3 is 1.97 bits per heavy atom. The van der Waals surface area contributed by atoms with Gasteiger partial charge in [-0.05, 0) is 65.8 Å². The van der Waals surface area contributed by atoms with Crippen molar-refractivity contribution >= 4 is 31.8 Å². The first-order chi connectivity index (χ1) is 31.7. The minimum atomic E-state index is -4.55. The van der Waals surface area contributed by atoms with Gasteiger partial charge in [0.15, 0.2) is 6.79 Å². The molecule has 2 heterocycles. The highest BCUT2D eigenvalue weighted by atomic mass is 31.2. The molecule has 17 heteroatoms. The predicted octanol–water partition coefficient (Wildman–Crippen LogP) is 7.77. The van der Waals surface area contributed by atoms with E-state index >= 15 is 4.79 Å². The first-order valence-corrected chi connectivity index (χ1v) is 24.1. The second kappa shape index (κ2) is 23.4. The van der Waals surface area contributed by atoms with Crippen LogP contribution in [0.5, 0.6) is 0 Å². The van der Waals surface area contributed by atoms with Gasteiger partial charge in [-0.15, -0.1) is 0 Å². The van der Waals surface area contributed by atoms with Crippen LogP contribution in [0.4, 0.5) is 9.59 Å². The molecule has 0 spiro atoms. The van der Waals surface area contributed by atoms with E-state index in [0.717, 1.165) is 32.8 Å². The zero-order chi connectivity index (χ0) is 48.9. The maximum Gasteiger partial charge on any atom is 0.474 e. The van der Waals surface area contributed by atoms with Gasteiger partial charge in [0.05, 0.1) is 24.4 Å². The minimum absolute atomic E-state index is 0.000564. The van der Waals surface area contributed by atoms with E-state index in [9.17, 15) is 28.9 Å². The molecule has 67 heavy (non-hydrogen) atoms. The predicted molar refractivity (Wildman–Crippen MR) is 256 cm³/mol. The van der Waals surface area contributed by atoms with E-state index in [0.29, 0.717) is 19.6 Å². The molecule has 362 valence electrons. The molecule has 1 aliphatic rings. The van der Waals surface area contributed by atoms with Gasteiger partial charge < -0.3 is 35.2 Å². The van der Waals surface area contributed by atoms with E-state index in [1.54, 1.807) is 43.7 Å². The number of ether oxygens (including phenoxy) is 1. The van der Waals surface area contributed by atoms with Crippen molar-refractivity contribution in [1.29, 1.82) is 0 Å². The molecule has 1 unspecified atom stereocenters. The molecular formula is C50H67N6O10P. The molecule has 16 nitrogen and oxygen atoms in total. The van der Waals surface area contributed by atoms with Crippen LogP contribution < -0.4 is 10.6 Å². The molecule has 5 rings (SSSR count). The van der Waals surface area contributed by atoms with Crippen molar-refractivity contribution in [2.45, 2.75) is 105 Å². The Labute approximate surface area is 394 Å². The second-order valence-corrected chi connectivity index (χ2v) is 20.5. The lowest BCUT2D eigenvalue weighted by Crippen LogP contribution is -2.59. The van der Waals surface area contributed by atoms with Crippen LogP contribution in [0.25, 0.3) is 11.3 Å². The summed E-state index contributed by atoms with van der Waals surface area (Å²) >= 11 is 0. The molecule has 0 radical (unpaired) electrons. The summed E-state index contributed by atoms with van der Waals surface area (Å²) in [6, 6.07) is 28.4. The van der Waals surface area contributed by atoms with E-state index in [2.05, 4.69) is 15.6 Å². The number of hydrogen-bond donors (Lipinski definition) is 4. The molecule has 1 saturated heterocycles. The molecule has 6 atom stereocenters. The van der Waals surface area contributed by atoms with E-state index in [-0.39, 0.29) is 31.9 Å². The molecule has 0 bridgehead atoms. The van der Waals surface area contributed by atoms with Crippen LogP contribution in [-0.4, -0.2) is 117 Å². The van der Waals surface area contributed by atoms with Crippen molar-refractivity contribution in [2.75, 3.05) is 33.5 Å². The number of carboxylic acid groups (broad SMARTS) is 1. The van der Waals surface area contributed by atoms with Crippen LogP contribution in [0.1, 0.15) is 71.6 Å². The van der Waals surface area contributed by atoms with Crippen LogP contribution in [-0.2, 0) is 47.3 Å². The number of rotatable bonds is 22. The first kappa shape index (κ1) is 52.3. The fourth-order valence-corrected chi connectivity index (χ4v) is 9.17. The van der Waals surface area contributed by atoms with E-state index < -0.39 is 73.6 Å². The number of benzene rings is 3. The van der Waals surface area contributed by atoms with Gasteiger partial charge in [0.25, 0.3) is 0 Å². The molecule has 5 amide bonds. The largest absolute Gasteiger partial charge is 0.474 e. The molecule has 1 fully saturated rings. The molecule has 0 aliphatic carbocycles. The van der Waals surface area contributed by atoms with Gasteiger partial charge in [-0.3, -0.25) is 28.5 Å². The SMILES string of the molecule is CCOP(=O)(O)OCO[C@@H](C[C@H](Cc1ccc(-c2ccccn2)cc1)NC(=O)[C@@H](N(C)C(=O)O)C(C)(C)C)[C@H](Cc1ccccc1)NC(=O)[C@@H](N1CCN(Cc2ccccc2)C1=O)C(C)(C)C. The smallest absolute Gasteiger partial charge is 0.465 e. The Bertz CT molecular complexity index is 2280. The standard InChI is InChI=1S/C50H67N6O10P/c1-9-65-67(62,63)66-34-64-42(32-39(52-45(57)43(49(2,3)4)54(8)48(60)61)30-36-23-25-38(26-24-36)40-22-16-17-27-51-40)41(31-35-18-12-10-13-19-35)53-46(58)44(50(5,6)7)56-29-28-55(47(56)59)33-37-20-14-11-15-21-37/h10-27,39,41-44H,9,28-34H2,1-8H3,(H,52,57)(H,53,58)(H,60,61)(H,62,63)/t39-,41-,42-,43+,44+/m0/s1. The average molecular weight is 943 g/mol. The second-order valence-electron chi connectivity index (χ2n) is 19.0. The minimum Gasteiger partial charge on any atom is -0.465 e. The lowest BCUT2D eigenvalue weighted by molar-refractivity contribution is -0.133. The number of hydrogen-bond acceptors (Lipinski definition) is 9. The van der Waals surface area contributed by atoms with Crippen LogP contribution in [0, 0.1) is 10.8 Å². The van der Waals surface area contributed by atoms with Crippen molar-refractivity contribution in [3.8, 4) is 11.3 Å². The number of aromatic nitrogens is 1. The van der Waals surface area contributed by atoms with Crippen LogP contribution >= 0.6 is 7.82 Å². The van der Waals surface area contributed by atoms with Crippen LogP contribution in [0.2, 0.25) is 0 Å². The third kappa shape index (κ3) is 15.2.